The van der Waals surface area contributed by atoms with Gasteiger partial charge in [0.05, 0.1) is 63.1 Å². The maximum absolute atomic E-state index is 11.9. The Morgan fingerprint density at radius 1 is 0.495 bits per heavy atom. The first-order valence-corrected chi connectivity index (χ1v) is 38.7. The summed E-state index contributed by atoms with van der Waals surface area (Å²) in [6.45, 7) is 44.8. The average molecular weight is 1360 g/mol. The van der Waals surface area contributed by atoms with Crippen LogP contribution in [0, 0.1) is 29.6 Å². The molecule has 4 aromatic rings. The lowest BCUT2D eigenvalue weighted by molar-refractivity contribution is -0.120. The fraction of sp³-hybridized carbons (Fsp3) is 0.571. The summed E-state index contributed by atoms with van der Waals surface area (Å²) in [6, 6.07) is 40.8. The maximum atomic E-state index is 11.9. The van der Waals surface area contributed by atoms with Gasteiger partial charge in [0, 0.05) is 18.8 Å². The molecule has 0 aliphatic carbocycles. The van der Waals surface area contributed by atoms with Gasteiger partial charge in [0.15, 0.2) is 31.5 Å². The lowest BCUT2D eigenvalue weighted by Gasteiger charge is -2.40. The Hall–Kier alpha value is -5.90. The number of hydrogen-bond acceptors (Lipinski definition) is 12. The van der Waals surface area contributed by atoms with Crippen LogP contribution in [0.15, 0.2) is 158 Å². The molecule has 0 saturated carbocycles. The molecule has 0 N–H and O–H groups in total. The van der Waals surface area contributed by atoms with Gasteiger partial charge >= 0.3 is 0 Å². The van der Waals surface area contributed by atoms with Crippen molar-refractivity contribution in [3.05, 3.63) is 180 Å². The lowest BCUT2D eigenvalue weighted by atomic mass is 9.95. The second-order valence-corrected chi connectivity index (χ2v) is 32.4. The number of rotatable bonds is 38. The fourth-order valence-electron chi connectivity index (χ4n) is 9.34. The minimum Gasteiger partial charge on any atom is -0.413 e. The summed E-state index contributed by atoms with van der Waals surface area (Å²) in [5.74, 6) is 2.72. The number of hydrogen-bond donors (Lipinski definition) is 0. The number of carbonyl (C=O) groups is 6. The van der Waals surface area contributed by atoms with Crippen LogP contribution in [0.2, 0.25) is 18.1 Å². The second kappa shape index (κ2) is 53.1. The van der Waals surface area contributed by atoms with E-state index in [-0.39, 0.29) is 82.6 Å². The van der Waals surface area contributed by atoms with E-state index in [0.717, 1.165) is 64.1 Å². The van der Waals surface area contributed by atoms with Crippen LogP contribution in [0.1, 0.15) is 218 Å². The molecular formula is C84H130O12Si. The van der Waals surface area contributed by atoms with Gasteiger partial charge in [-0.25, -0.2) is 0 Å². The number of benzene rings is 4. The molecule has 0 spiro atoms. The van der Waals surface area contributed by atoms with E-state index in [0.29, 0.717) is 56.5 Å². The highest BCUT2D eigenvalue weighted by Crippen LogP contribution is 2.39. The number of ketones is 5. The smallest absolute Gasteiger partial charge is 0.192 e. The average Bonchev–Trinajstić information content (AvgIpc) is 1.72. The van der Waals surface area contributed by atoms with E-state index < -0.39 is 8.32 Å². The molecule has 4 aromatic carbocycles. The number of ether oxygens (including phenoxy) is 5. The molecule has 0 aromatic heterocycles. The Kier molecular flexibility index (Phi) is 49.8. The van der Waals surface area contributed by atoms with Crippen LogP contribution in [-0.2, 0) is 83.3 Å². The zero-order chi connectivity index (χ0) is 73.4. The van der Waals surface area contributed by atoms with Crippen LogP contribution in [0.25, 0.3) is 0 Å². The molecule has 0 radical (unpaired) electrons. The zero-order valence-electron chi connectivity index (χ0n) is 63.8. The SMILES string of the molecule is C/C=C/C(C)=O.CC[C@H](C)C=O.CC[C@H](C)[C@H](C/C=C/C(C)=O)OCc1ccccc1.CC[C@H](C)[C@H](C/C=C/C(C)=O)OCc1ccccc1.CC[C@H](C)[C@H](C[C@@H](CC(C)=O)O[Si](C)(C)C(C)(C)C)OCc1ccccc1.CC[C@H](C)[C@H](C[C@@H]1O[C@H]1C(C)=O)OCc1ccccc1. The van der Waals surface area contributed by atoms with Gasteiger partial charge in [0.2, 0.25) is 0 Å². The summed E-state index contributed by atoms with van der Waals surface area (Å²) >= 11 is 0. The molecule has 1 aliphatic rings. The van der Waals surface area contributed by atoms with Gasteiger partial charge in [-0.1, -0.05) is 255 Å². The summed E-state index contributed by atoms with van der Waals surface area (Å²) in [7, 11) is -1.94. The summed E-state index contributed by atoms with van der Waals surface area (Å²) in [6.07, 6.45) is 20.5. The third-order valence-electron chi connectivity index (χ3n) is 17.8. The van der Waals surface area contributed by atoms with Crippen molar-refractivity contribution >= 4 is 43.5 Å². The second-order valence-electron chi connectivity index (χ2n) is 27.6. The Morgan fingerprint density at radius 2 is 0.825 bits per heavy atom. The first kappa shape index (κ1) is 91.1. The number of epoxide rings is 1. The summed E-state index contributed by atoms with van der Waals surface area (Å²) < 4.78 is 36.4. The number of carbonyl (C=O) groups excluding carboxylic acids is 6. The van der Waals surface area contributed by atoms with Crippen molar-refractivity contribution in [3.63, 3.8) is 0 Å². The zero-order valence-corrected chi connectivity index (χ0v) is 64.8. The van der Waals surface area contributed by atoms with Crippen LogP contribution >= 0.6 is 0 Å². The van der Waals surface area contributed by atoms with E-state index in [9.17, 15) is 28.8 Å². The fourth-order valence-corrected chi connectivity index (χ4v) is 10.7. The molecular weight excluding hydrogens is 1230 g/mol. The van der Waals surface area contributed by atoms with Gasteiger partial charge in [-0.15, -0.1) is 0 Å². The van der Waals surface area contributed by atoms with E-state index in [2.05, 4.69) is 138 Å². The molecule has 12 atom stereocenters. The quantitative estimate of drug-likeness (QED) is 0.0181. The Bertz CT molecular complexity index is 2710. The van der Waals surface area contributed by atoms with Crippen molar-refractivity contribution < 1.29 is 56.9 Å². The van der Waals surface area contributed by atoms with Gasteiger partial charge < -0.3 is 32.9 Å². The molecule has 0 bridgehead atoms. The molecule has 1 heterocycles. The van der Waals surface area contributed by atoms with Crippen molar-refractivity contribution in [2.24, 2.45) is 29.6 Å². The molecule has 0 unspecified atom stereocenters. The predicted molar refractivity (Wildman–Crippen MR) is 404 cm³/mol. The normalized spacial score (nSPS) is 16.5. The summed E-state index contributed by atoms with van der Waals surface area (Å²) in [5.41, 5.74) is 4.73. The van der Waals surface area contributed by atoms with Gasteiger partial charge in [0.1, 0.15) is 18.2 Å². The summed E-state index contributed by atoms with van der Waals surface area (Å²) in [4.78, 5) is 64.7. The Morgan fingerprint density at radius 3 is 1.08 bits per heavy atom. The van der Waals surface area contributed by atoms with Crippen molar-refractivity contribution in [1.29, 1.82) is 0 Å². The van der Waals surface area contributed by atoms with E-state index in [1.54, 1.807) is 45.9 Å². The van der Waals surface area contributed by atoms with Gasteiger partial charge in [-0.2, -0.15) is 0 Å². The Balaban J connectivity index is 0.00000121. The molecule has 97 heavy (non-hydrogen) atoms. The summed E-state index contributed by atoms with van der Waals surface area (Å²) in [5, 5.41) is 0.124. The van der Waals surface area contributed by atoms with Crippen molar-refractivity contribution in [2.75, 3.05) is 0 Å². The lowest BCUT2D eigenvalue weighted by Crippen LogP contribution is -2.45. The van der Waals surface area contributed by atoms with Crippen molar-refractivity contribution in [2.45, 2.75) is 283 Å². The minimum absolute atomic E-state index is 0.0577. The maximum Gasteiger partial charge on any atom is 0.192 e. The molecule has 0 amide bonds. The van der Waals surface area contributed by atoms with E-state index in [1.165, 1.54) is 35.3 Å². The highest BCUT2D eigenvalue weighted by molar-refractivity contribution is 6.74. The predicted octanol–water partition coefficient (Wildman–Crippen LogP) is 20.4. The van der Waals surface area contributed by atoms with Crippen LogP contribution < -0.4 is 0 Å². The van der Waals surface area contributed by atoms with Crippen molar-refractivity contribution in [3.8, 4) is 0 Å². The first-order valence-electron chi connectivity index (χ1n) is 35.8. The molecule has 13 heteroatoms. The molecule has 1 saturated heterocycles. The molecule has 1 fully saturated rings. The molecule has 1 aliphatic heterocycles. The molecule has 542 valence electrons. The monoisotopic (exact) mass is 1360 g/mol. The molecule has 5 rings (SSSR count). The highest BCUT2D eigenvalue weighted by atomic mass is 28.4. The highest BCUT2D eigenvalue weighted by Gasteiger charge is 2.44. The largest absolute Gasteiger partial charge is 0.413 e. The third-order valence-corrected chi connectivity index (χ3v) is 22.3. The van der Waals surface area contributed by atoms with Crippen LogP contribution in [-0.4, -0.2) is 86.2 Å². The van der Waals surface area contributed by atoms with E-state index >= 15 is 0 Å². The van der Waals surface area contributed by atoms with Crippen LogP contribution in [0.5, 0.6) is 0 Å². The van der Waals surface area contributed by atoms with Crippen LogP contribution in [0.4, 0.5) is 0 Å². The first-order chi connectivity index (χ1) is 45.9. The topological polar surface area (TPSA) is 161 Å². The minimum atomic E-state index is -1.94. The Labute approximate surface area is 590 Å². The molecule has 12 nitrogen and oxygen atoms in total. The van der Waals surface area contributed by atoms with E-state index in [4.69, 9.17) is 28.1 Å². The standard InChI is InChI=1S/C23H40O3Si.C17H24O3.2C17H24O2.C5H10O.C5H8O/c1-9-18(2)22(25-17-20-13-11-10-12-14-20)16-21(15-19(3)24)26-27(7,8)23(4,5)6;1-4-12(2)15(10-16-17(20-16)13(3)18)19-11-14-8-6-5-7-9-14;2*1-4-14(2)17(12-8-9-15(3)18)19-13-16-10-6-5-7-11-16;1-3-5(2)4-6;1-3-4-5(2)6/h10-14,18,21-22H,9,15-17H2,1-8H3;5-9,12,15-17H,4,10-11H2,1-3H3;2*5-11,14,17H,4,12-13H2,1-3H3;4-5H,3H2,1-2H3;3-4H,1-2H3/b;;2*9-8+;;4-3+/t18-,21+,22-;12-,15-,16-,17-;2*14-,17-;5-;/m00000./s1. The number of aldehydes is 1. The van der Waals surface area contributed by atoms with Gasteiger partial charge in [-0.3, -0.25) is 24.0 Å². The third kappa shape index (κ3) is 44.7. The van der Waals surface area contributed by atoms with Gasteiger partial charge in [0.25, 0.3) is 0 Å². The van der Waals surface area contributed by atoms with Crippen LogP contribution in [0.3, 0.4) is 0 Å². The van der Waals surface area contributed by atoms with Crippen molar-refractivity contribution in [1.82, 2.24) is 0 Å². The van der Waals surface area contributed by atoms with Gasteiger partial charge in [-0.05, 0) is 150 Å². The number of Topliss-reactive ketones (excluding diaryl/α,β-unsaturated/α-hetero) is 2. The number of allylic oxidation sites excluding steroid dienone is 4. The van der Waals surface area contributed by atoms with E-state index in [1.807, 2.05) is 106 Å².